The summed E-state index contributed by atoms with van der Waals surface area (Å²) in [7, 11) is 5.43. The van der Waals surface area contributed by atoms with Crippen molar-refractivity contribution in [3.63, 3.8) is 0 Å². The van der Waals surface area contributed by atoms with Crippen LogP contribution in [0, 0.1) is 0 Å². The van der Waals surface area contributed by atoms with Crippen molar-refractivity contribution >= 4 is 34.9 Å². The fourth-order valence-corrected chi connectivity index (χ4v) is 4.63. The molecule has 7 nitrogen and oxygen atoms in total. The summed E-state index contributed by atoms with van der Waals surface area (Å²) in [5.41, 5.74) is 3.33. The Labute approximate surface area is 217 Å². The monoisotopic (exact) mass is 506 g/mol. The zero-order valence-electron chi connectivity index (χ0n) is 20.8. The van der Waals surface area contributed by atoms with E-state index in [9.17, 15) is 9.59 Å². The van der Waals surface area contributed by atoms with Crippen LogP contribution >= 0.6 is 11.6 Å². The Morgan fingerprint density at radius 2 is 1.81 bits per heavy atom. The second-order valence-electron chi connectivity index (χ2n) is 9.17. The van der Waals surface area contributed by atoms with E-state index >= 15 is 0 Å². The number of rotatable bonds is 7. The average Bonchev–Trinajstić information content (AvgIpc) is 2.90. The van der Waals surface area contributed by atoms with Gasteiger partial charge in [-0.3, -0.25) is 9.59 Å². The van der Waals surface area contributed by atoms with Gasteiger partial charge in [-0.05, 0) is 66.3 Å². The Balaban J connectivity index is 1.29. The van der Waals surface area contributed by atoms with Gasteiger partial charge in [-0.25, -0.2) is 4.98 Å². The van der Waals surface area contributed by atoms with Crippen LogP contribution in [0.25, 0.3) is 0 Å². The zero-order chi connectivity index (χ0) is 25.7. The van der Waals surface area contributed by atoms with E-state index in [4.69, 9.17) is 16.3 Å². The van der Waals surface area contributed by atoms with Crippen LogP contribution in [0.15, 0.2) is 60.8 Å². The van der Waals surface area contributed by atoms with Gasteiger partial charge in [0, 0.05) is 44.1 Å². The molecular weight excluding hydrogens is 476 g/mol. The fraction of sp³-hybridized carbons (Fsp3) is 0.321. The lowest BCUT2D eigenvalue weighted by Gasteiger charge is -2.32. The lowest BCUT2D eigenvalue weighted by molar-refractivity contribution is -0.115. The molecule has 0 radical (unpaired) electrons. The van der Waals surface area contributed by atoms with Gasteiger partial charge in [0.15, 0.2) is 0 Å². The van der Waals surface area contributed by atoms with Crippen molar-refractivity contribution in [1.29, 1.82) is 0 Å². The third kappa shape index (κ3) is 6.15. The highest BCUT2D eigenvalue weighted by Gasteiger charge is 2.25. The number of piperidine rings is 1. The van der Waals surface area contributed by atoms with E-state index in [1.165, 1.54) is 5.56 Å². The number of methoxy groups -OCH3 is 1. The van der Waals surface area contributed by atoms with Gasteiger partial charge >= 0.3 is 0 Å². The van der Waals surface area contributed by atoms with Gasteiger partial charge in [-0.1, -0.05) is 29.8 Å². The van der Waals surface area contributed by atoms with E-state index in [-0.39, 0.29) is 18.2 Å². The molecule has 2 aromatic carbocycles. The first-order valence-corrected chi connectivity index (χ1v) is 12.4. The van der Waals surface area contributed by atoms with Crippen molar-refractivity contribution in [2.45, 2.75) is 25.2 Å². The SMILES string of the molecule is COc1ccc(CC(=O)Nc2ccc(C3CCN(C(=O)c4ccc(N(C)C)nc4)CC3)cc2)c(Cl)c1. The molecule has 3 aromatic rings. The van der Waals surface area contributed by atoms with Crippen molar-refractivity contribution < 1.29 is 14.3 Å². The molecular formula is C28H31ClN4O3. The summed E-state index contributed by atoms with van der Waals surface area (Å²) in [6.07, 6.45) is 3.64. The van der Waals surface area contributed by atoms with Crippen LogP contribution in [-0.4, -0.2) is 56.0 Å². The maximum absolute atomic E-state index is 12.9. The predicted octanol–water partition coefficient (Wildman–Crippen LogP) is 5.01. The number of ether oxygens (including phenoxy) is 1. The van der Waals surface area contributed by atoms with Gasteiger partial charge in [-0.15, -0.1) is 0 Å². The smallest absolute Gasteiger partial charge is 0.255 e. The summed E-state index contributed by atoms with van der Waals surface area (Å²) >= 11 is 6.25. The Bertz CT molecular complexity index is 1200. The number of aromatic nitrogens is 1. The van der Waals surface area contributed by atoms with E-state index in [2.05, 4.69) is 22.4 Å². The summed E-state index contributed by atoms with van der Waals surface area (Å²) in [4.78, 5) is 33.5. The van der Waals surface area contributed by atoms with E-state index in [1.807, 2.05) is 48.2 Å². The number of amides is 2. The van der Waals surface area contributed by atoms with Gasteiger partial charge in [0.2, 0.25) is 5.91 Å². The number of hydrogen-bond donors (Lipinski definition) is 1. The Hall–Kier alpha value is -3.58. The Kier molecular flexibility index (Phi) is 8.10. The lowest BCUT2D eigenvalue weighted by atomic mass is 9.89. The number of likely N-dealkylation sites (tertiary alicyclic amines) is 1. The minimum absolute atomic E-state index is 0.0290. The van der Waals surface area contributed by atoms with E-state index < -0.39 is 0 Å². The first-order valence-electron chi connectivity index (χ1n) is 12.0. The van der Waals surface area contributed by atoms with Crippen LogP contribution < -0.4 is 15.0 Å². The molecule has 36 heavy (non-hydrogen) atoms. The third-order valence-corrected chi connectivity index (χ3v) is 6.86. The standard InChI is InChI=1S/C28H31ClN4O3/c1-32(2)26-11-7-22(18-30-26)28(35)33-14-12-20(13-15-33)19-4-8-23(9-5-19)31-27(34)16-21-6-10-24(36-3)17-25(21)29/h4-11,17-18,20H,12-16H2,1-3H3,(H,31,34). The second-order valence-corrected chi connectivity index (χ2v) is 9.58. The molecule has 8 heteroatoms. The zero-order valence-corrected chi connectivity index (χ0v) is 21.6. The number of benzene rings is 2. The number of hydrogen-bond acceptors (Lipinski definition) is 5. The molecule has 1 aliphatic rings. The summed E-state index contributed by atoms with van der Waals surface area (Å²) in [6, 6.07) is 17.0. The quantitative estimate of drug-likeness (QED) is 0.487. The highest BCUT2D eigenvalue weighted by atomic mass is 35.5. The molecule has 0 bridgehead atoms. The summed E-state index contributed by atoms with van der Waals surface area (Å²) in [5.74, 6) is 1.77. The first kappa shape index (κ1) is 25.5. The number of nitrogens with zero attached hydrogens (tertiary/aromatic N) is 3. The van der Waals surface area contributed by atoms with E-state index in [0.29, 0.717) is 35.3 Å². The average molecular weight is 507 g/mol. The largest absolute Gasteiger partial charge is 0.497 e. The third-order valence-electron chi connectivity index (χ3n) is 6.51. The molecule has 1 saturated heterocycles. The van der Waals surface area contributed by atoms with Crippen molar-refractivity contribution in [2.75, 3.05) is 44.5 Å². The highest BCUT2D eigenvalue weighted by Crippen LogP contribution is 2.30. The minimum Gasteiger partial charge on any atom is -0.497 e. The van der Waals surface area contributed by atoms with Crippen LogP contribution in [0.4, 0.5) is 11.5 Å². The van der Waals surface area contributed by atoms with Crippen molar-refractivity contribution in [3.05, 3.63) is 82.5 Å². The summed E-state index contributed by atoms with van der Waals surface area (Å²) in [5, 5.41) is 3.44. The molecule has 2 heterocycles. The van der Waals surface area contributed by atoms with Gasteiger partial charge in [-0.2, -0.15) is 0 Å². The van der Waals surface area contributed by atoms with Crippen molar-refractivity contribution in [1.82, 2.24) is 9.88 Å². The number of halogens is 1. The Morgan fingerprint density at radius 3 is 2.39 bits per heavy atom. The van der Waals surface area contributed by atoms with Crippen LogP contribution in [0.3, 0.4) is 0 Å². The molecule has 0 aliphatic carbocycles. The summed E-state index contributed by atoms with van der Waals surface area (Å²) in [6.45, 7) is 1.42. The van der Waals surface area contributed by atoms with Crippen molar-refractivity contribution in [2.24, 2.45) is 0 Å². The molecule has 0 atom stereocenters. The highest BCUT2D eigenvalue weighted by molar-refractivity contribution is 6.31. The molecule has 4 rings (SSSR count). The van der Waals surface area contributed by atoms with Gasteiger partial charge < -0.3 is 19.9 Å². The summed E-state index contributed by atoms with van der Waals surface area (Å²) < 4.78 is 5.15. The Morgan fingerprint density at radius 1 is 1.08 bits per heavy atom. The maximum atomic E-state index is 12.9. The van der Waals surface area contributed by atoms with Gasteiger partial charge in [0.25, 0.3) is 5.91 Å². The molecule has 1 N–H and O–H groups in total. The molecule has 1 aromatic heterocycles. The van der Waals surface area contributed by atoms with Crippen LogP contribution in [0.1, 0.15) is 40.2 Å². The van der Waals surface area contributed by atoms with E-state index in [1.54, 1.807) is 31.5 Å². The second kappa shape index (κ2) is 11.4. The maximum Gasteiger partial charge on any atom is 0.255 e. The van der Waals surface area contributed by atoms with Gasteiger partial charge in [0.1, 0.15) is 11.6 Å². The van der Waals surface area contributed by atoms with E-state index in [0.717, 1.165) is 29.9 Å². The molecule has 2 amide bonds. The van der Waals surface area contributed by atoms with Crippen LogP contribution in [-0.2, 0) is 11.2 Å². The number of carbonyl (C=O) groups is 2. The first-order chi connectivity index (χ1) is 17.3. The molecule has 0 saturated carbocycles. The predicted molar refractivity (Wildman–Crippen MR) is 143 cm³/mol. The number of carbonyl (C=O) groups excluding carboxylic acids is 2. The minimum atomic E-state index is -0.130. The topological polar surface area (TPSA) is 74.8 Å². The fourth-order valence-electron chi connectivity index (χ4n) is 4.39. The number of pyridine rings is 1. The van der Waals surface area contributed by atoms with Crippen molar-refractivity contribution in [3.8, 4) is 5.75 Å². The molecule has 1 fully saturated rings. The molecule has 188 valence electrons. The normalized spacial score (nSPS) is 13.8. The number of anilines is 2. The molecule has 0 spiro atoms. The van der Waals surface area contributed by atoms with Gasteiger partial charge in [0.05, 0.1) is 19.1 Å². The molecule has 1 aliphatic heterocycles. The molecule has 0 unspecified atom stereocenters. The van der Waals surface area contributed by atoms with Crippen LogP contribution in [0.2, 0.25) is 5.02 Å². The lowest BCUT2D eigenvalue weighted by Crippen LogP contribution is -2.38. The van der Waals surface area contributed by atoms with Crippen LogP contribution in [0.5, 0.6) is 5.75 Å². The number of nitrogens with one attached hydrogen (secondary N) is 1.